The molecule has 2 aromatic heterocycles. The highest BCUT2D eigenvalue weighted by Crippen LogP contribution is 2.46. The Balaban J connectivity index is 1.55. The van der Waals surface area contributed by atoms with E-state index in [2.05, 4.69) is 60.4 Å². The predicted octanol–water partition coefficient (Wildman–Crippen LogP) is 3.54. The second-order valence-corrected chi connectivity index (χ2v) is 9.11. The number of nitrogens with zero attached hydrogens (tertiary/aromatic N) is 3. The van der Waals surface area contributed by atoms with Crippen LogP contribution in [0.15, 0.2) is 47.1 Å². The number of anilines is 2. The quantitative estimate of drug-likeness (QED) is 0.499. The Hall–Kier alpha value is -2.87. The lowest BCUT2D eigenvalue weighted by Gasteiger charge is -2.28. The zero-order chi connectivity index (χ0) is 21.0. The highest BCUT2D eigenvalue weighted by molar-refractivity contribution is 9.10. The number of imidazole rings is 1. The van der Waals surface area contributed by atoms with Crippen molar-refractivity contribution in [3.05, 3.63) is 47.1 Å². The molecule has 0 spiro atoms. The Bertz CT molecular complexity index is 1170. The number of halogens is 1. The number of H-pyrrole nitrogens is 1. The summed E-state index contributed by atoms with van der Waals surface area (Å²) in [6.45, 7) is 0. The van der Waals surface area contributed by atoms with Crippen LogP contribution in [-0.4, -0.2) is 41.0 Å². The van der Waals surface area contributed by atoms with Crippen molar-refractivity contribution in [3.63, 3.8) is 0 Å². The van der Waals surface area contributed by atoms with E-state index in [1.165, 1.54) is 0 Å². The van der Waals surface area contributed by atoms with Crippen LogP contribution in [0.5, 0.6) is 0 Å². The molecule has 3 aromatic rings. The number of aromatic nitrogens is 3. The summed E-state index contributed by atoms with van der Waals surface area (Å²) in [5.41, 5.74) is 10.1. The van der Waals surface area contributed by atoms with Gasteiger partial charge in [-0.15, -0.1) is 0 Å². The zero-order valence-electron chi connectivity index (χ0n) is 16.8. The number of carbonyl (C=O) groups excluding carboxylic acids is 1. The highest BCUT2D eigenvalue weighted by Gasteiger charge is 2.47. The minimum Gasteiger partial charge on any atom is -0.378 e. The Morgan fingerprint density at radius 1 is 1.30 bits per heavy atom. The molecule has 1 saturated carbocycles. The van der Waals surface area contributed by atoms with Crippen LogP contribution in [-0.2, 0) is 4.79 Å². The van der Waals surface area contributed by atoms with E-state index in [9.17, 15) is 4.79 Å². The molecule has 0 aliphatic heterocycles. The van der Waals surface area contributed by atoms with Gasteiger partial charge in [-0.25, -0.2) is 9.97 Å². The topological polar surface area (TPSA) is 99.9 Å². The van der Waals surface area contributed by atoms with Gasteiger partial charge in [0.1, 0.15) is 11.3 Å². The first-order valence-corrected chi connectivity index (χ1v) is 10.8. The van der Waals surface area contributed by atoms with Crippen LogP contribution in [0.2, 0.25) is 0 Å². The first-order chi connectivity index (χ1) is 14.4. The number of benzene rings is 1. The molecule has 1 aromatic carbocycles. The van der Waals surface area contributed by atoms with Crippen LogP contribution >= 0.6 is 15.9 Å². The second kappa shape index (κ2) is 7.12. The van der Waals surface area contributed by atoms with Crippen LogP contribution in [0.25, 0.3) is 22.6 Å². The van der Waals surface area contributed by atoms with Gasteiger partial charge in [0.25, 0.3) is 0 Å². The number of nitrogens with two attached hydrogens (primary N) is 1. The van der Waals surface area contributed by atoms with Gasteiger partial charge in [0.15, 0.2) is 5.65 Å². The summed E-state index contributed by atoms with van der Waals surface area (Å²) in [4.78, 5) is 26.8. The molecule has 1 amide bonds. The lowest BCUT2D eigenvalue weighted by molar-refractivity contribution is -0.122. The number of fused-ring (bicyclic) bond motifs is 3. The van der Waals surface area contributed by atoms with Crippen molar-refractivity contribution in [2.24, 2.45) is 23.5 Å². The third-order valence-electron chi connectivity index (χ3n) is 6.21. The summed E-state index contributed by atoms with van der Waals surface area (Å²) in [5.74, 6) is 0.793. The van der Waals surface area contributed by atoms with Crippen molar-refractivity contribution in [2.45, 2.75) is 12.5 Å². The minimum atomic E-state index is -0.253. The molecule has 0 saturated heterocycles. The molecule has 4 unspecified atom stereocenters. The van der Waals surface area contributed by atoms with E-state index in [1.54, 1.807) is 6.20 Å². The number of pyridine rings is 1. The fourth-order valence-corrected chi connectivity index (χ4v) is 5.13. The predicted molar refractivity (Wildman–Crippen MR) is 122 cm³/mol. The summed E-state index contributed by atoms with van der Waals surface area (Å²) >= 11 is 3.62. The molecular formula is C22H23BrN6O. The maximum atomic E-state index is 12.1. The molecule has 8 heteroatoms. The maximum Gasteiger partial charge on any atom is 0.223 e. The Morgan fingerprint density at radius 2 is 2.10 bits per heavy atom. The molecule has 4 N–H and O–H groups in total. The number of rotatable bonds is 5. The minimum absolute atomic E-state index is 0.0387. The lowest BCUT2D eigenvalue weighted by Crippen LogP contribution is -2.41. The van der Waals surface area contributed by atoms with Crippen molar-refractivity contribution >= 4 is 44.4 Å². The van der Waals surface area contributed by atoms with Crippen LogP contribution in [0.4, 0.5) is 11.4 Å². The average molecular weight is 467 g/mol. The lowest BCUT2D eigenvalue weighted by atomic mass is 9.88. The zero-order valence-corrected chi connectivity index (χ0v) is 18.3. The monoisotopic (exact) mass is 466 g/mol. The maximum absolute atomic E-state index is 12.1. The van der Waals surface area contributed by atoms with E-state index < -0.39 is 0 Å². The molecule has 2 bridgehead atoms. The standard InChI is InChI=1S/C22H23BrN6O/c1-29(2)14-5-3-4-13(9-14)21-27-19-18(15(23)10-25-22(19)28-21)26-17-12-7-6-11(8-12)16(17)20(24)30/h3-7,9-12,16-17H,8H2,1-2H3,(H2,24,30)(H2,25,26,27,28). The molecule has 1 fully saturated rings. The SMILES string of the molecule is CN(C)c1cccc(-c2nc3ncc(Br)c(NC4C5C=CC(C5)C4C(N)=O)c3[nH]2)c1. The van der Waals surface area contributed by atoms with E-state index >= 15 is 0 Å². The van der Waals surface area contributed by atoms with Gasteiger partial charge in [-0.2, -0.15) is 0 Å². The summed E-state index contributed by atoms with van der Waals surface area (Å²) in [7, 11) is 4.02. The van der Waals surface area contributed by atoms with E-state index in [1.807, 2.05) is 26.2 Å². The second-order valence-electron chi connectivity index (χ2n) is 8.26. The molecule has 30 heavy (non-hydrogen) atoms. The van der Waals surface area contributed by atoms with E-state index in [4.69, 9.17) is 10.7 Å². The summed E-state index contributed by atoms with van der Waals surface area (Å²) < 4.78 is 0.821. The van der Waals surface area contributed by atoms with E-state index in [0.717, 1.165) is 39.2 Å². The fourth-order valence-electron chi connectivity index (χ4n) is 4.72. The van der Waals surface area contributed by atoms with Gasteiger partial charge in [0, 0.05) is 37.6 Å². The number of hydrogen-bond acceptors (Lipinski definition) is 5. The van der Waals surface area contributed by atoms with Crippen molar-refractivity contribution in [2.75, 3.05) is 24.3 Å². The van der Waals surface area contributed by atoms with Crippen molar-refractivity contribution < 1.29 is 4.79 Å². The summed E-state index contributed by atoms with van der Waals surface area (Å²) in [6, 6.07) is 8.14. The normalized spacial score (nSPS) is 24.5. The number of aromatic amines is 1. The Morgan fingerprint density at radius 3 is 2.87 bits per heavy atom. The van der Waals surface area contributed by atoms with Crippen LogP contribution in [0, 0.1) is 17.8 Å². The number of primary amides is 1. The van der Waals surface area contributed by atoms with Gasteiger partial charge in [-0.05, 0) is 46.3 Å². The molecule has 2 heterocycles. The third-order valence-corrected chi connectivity index (χ3v) is 6.81. The number of allylic oxidation sites excluding steroid dienone is 1. The summed E-state index contributed by atoms with van der Waals surface area (Å²) in [6.07, 6.45) is 7.03. The molecule has 0 radical (unpaired) electrons. The smallest absolute Gasteiger partial charge is 0.223 e. The largest absolute Gasteiger partial charge is 0.378 e. The Labute approximate surface area is 182 Å². The molecule has 2 aliphatic carbocycles. The number of hydrogen-bond donors (Lipinski definition) is 3. The molecule has 7 nitrogen and oxygen atoms in total. The van der Waals surface area contributed by atoms with Gasteiger partial charge >= 0.3 is 0 Å². The number of amides is 1. The molecule has 4 atom stereocenters. The number of carbonyl (C=O) groups is 1. The van der Waals surface area contributed by atoms with E-state index in [0.29, 0.717) is 11.6 Å². The Kier molecular flexibility index (Phi) is 4.54. The van der Waals surface area contributed by atoms with Gasteiger partial charge in [0.2, 0.25) is 5.91 Å². The van der Waals surface area contributed by atoms with Crippen LogP contribution in [0.1, 0.15) is 6.42 Å². The highest BCUT2D eigenvalue weighted by atomic mass is 79.9. The van der Waals surface area contributed by atoms with Gasteiger partial charge < -0.3 is 20.9 Å². The molecule has 154 valence electrons. The van der Waals surface area contributed by atoms with E-state index in [-0.39, 0.29) is 23.8 Å². The third kappa shape index (κ3) is 3.06. The van der Waals surface area contributed by atoms with Crippen LogP contribution < -0.4 is 16.0 Å². The van der Waals surface area contributed by atoms with Crippen molar-refractivity contribution in [1.82, 2.24) is 15.0 Å². The van der Waals surface area contributed by atoms with Crippen LogP contribution in [0.3, 0.4) is 0 Å². The summed E-state index contributed by atoms with van der Waals surface area (Å²) in [5, 5.41) is 3.59. The fraction of sp³-hybridized carbons (Fsp3) is 0.318. The van der Waals surface area contributed by atoms with Gasteiger partial charge in [0.05, 0.1) is 16.1 Å². The molecular weight excluding hydrogens is 444 g/mol. The average Bonchev–Trinajstić information content (AvgIpc) is 3.44. The first-order valence-electron chi connectivity index (χ1n) is 9.98. The van der Waals surface area contributed by atoms with Gasteiger partial charge in [-0.3, -0.25) is 4.79 Å². The first kappa shape index (κ1) is 19.1. The number of nitrogens with one attached hydrogen (secondary N) is 2. The van der Waals surface area contributed by atoms with Crippen molar-refractivity contribution in [1.29, 1.82) is 0 Å². The molecule has 5 rings (SSSR count). The molecule has 2 aliphatic rings. The van der Waals surface area contributed by atoms with Gasteiger partial charge in [-0.1, -0.05) is 24.3 Å². The van der Waals surface area contributed by atoms with Crippen molar-refractivity contribution in [3.8, 4) is 11.4 Å².